The summed E-state index contributed by atoms with van der Waals surface area (Å²) in [7, 11) is 0. The number of anilines is 1. The van der Waals surface area contributed by atoms with Gasteiger partial charge in [0, 0.05) is 4.90 Å². The van der Waals surface area contributed by atoms with E-state index in [2.05, 4.69) is 5.32 Å². The van der Waals surface area contributed by atoms with Crippen molar-refractivity contribution in [3.8, 4) is 0 Å². The number of hydrogen-bond acceptors (Lipinski definition) is 2. The van der Waals surface area contributed by atoms with Gasteiger partial charge in [0.15, 0.2) is 0 Å². The maximum absolute atomic E-state index is 13.4. The highest BCUT2D eigenvalue weighted by Crippen LogP contribution is 2.29. The van der Waals surface area contributed by atoms with Crippen LogP contribution in [0.1, 0.15) is 10.4 Å². The average molecular weight is 297 g/mol. The number of thioether (sulfide) groups is 1. The summed E-state index contributed by atoms with van der Waals surface area (Å²) in [6.07, 6.45) is 0. The molecule has 0 spiro atoms. The maximum atomic E-state index is 13.4. The molecule has 6 heteroatoms. The van der Waals surface area contributed by atoms with Crippen LogP contribution in [0.3, 0.4) is 0 Å². The Morgan fingerprint density at radius 3 is 2.40 bits per heavy atom. The van der Waals surface area contributed by atoms with Crippen molar-refractivity contribution in [2.75, 3.05) is 5.32 Å². The normalized spacial score (nSPS) is 10.6. The second-order valence-corrected chi connectivity index (χ2v) is 4.84. The van der Waals surface area contributed by atoms with Crippen molar-refractivity contribution in [1.29, 1.82) is 0 Å². The highest BCUT2D eigenvalue weighted by Gasteiger charge is 2.16. The van der Waals surface area contributed by atoms with Crippen LogP contribution in [0, 0.1) is 5.82 Å². The number of hydrogen-bond donors (Lipinski definition) is 1. The minimum Gasteiger partial charge on any atom is -0.319 e. The molecule has 1 N–H and O–H groups in total. The van der Waals surface area contributed by atoms with Gasteiger partial charge in [-0.25, -0.2) is 4.39 Å². The van der Waals surface area contributed by atoms with Gasteiger partial charge in [-0.2, -0.15) is 8.78 Å². The molecule has 0 aromatic heterocycles. The van der Waals surface area contributed by atoms with Gasteiger partial charge in [-0.05, 0) is 24.3 Å². The van der Waals surface area contributed by atoms with Crippen LogP contribution >= 0.6 is 11.8 Å². The van der Waals surface area contributed by atoms with Gasteiger partial charge in [0.1, 0.15) is 5.82 Å². The maximum Gasteiger partial charge on any atom is 0.288 e. The second-order valence-electron chi connectivity index (χ2n) is 3.81. The SMILES string of the molecule is O=C(Nc1ccccc1F)c1ccccc1SC(F)F. The largest absolute Gasteiger partial charge is 0.319 e. The van der Waals surface area contributed by atoms with Crippen molar-refractivity contribution in [3.63, 3.8) is 0 Å². The number of carbonyl (C=O) groups is 1. The molecule has 1 amide bonds. The first-order valence-electron chi connectivity index (χ1n) is 5.67. The molecule has 2 aromatic carbocycles. The Morgan fingerprint density at radius 1 is 1.05 bits per heavy atom. The molecule has 0 saturated carbocycles. The van der Waals surface area contributed by atoms with Crippen LogP contribution in [0.4, 0.5) is 18.9 Å². The van der Waals surface area contributed by atoms with Crippen LogP contribution in [-0.2, 0) is 0 Å². The lowest BCUT2D eigenvalue weighted by atomic mass is 10.2. The number of para-hydroxylation sites is 1. The number of benzene rings is 2. The van der Waals surface area contributed by atoms with E-state index in [4.69, 9.17) is 0 Å². The molecule has 0 aliphatic heterocycles. The Labute approximate surface area is 118 Å². The van der Waals surface area contributed by atoms with Crippen molar-refractivity contribution >= 4 is 23.4 Å². The highest BCUT2D eigenvalue weighted by molar-refractivity contribution is 7.99. The van der Waals surface area contributed by atoms with E-state index in [1.807, 2.05) is 0 Å². The fourth-order valence-electron chi connectivity index (χ4n) is 1.61. The summed E-state index contributed by atoms with van der Waals surface area (Å²) < 4.78 is 38.3. The molecule has 0 aliphatic carbocycles. The lowest BCUT2D eigenvalue weighted by Gasteiger charge is -2.10. The molecule has 0 saturated heterocycles. The number of alkyl halides is 2. The van der Waals surface area contributed by atoms with Gasteiger partial charge in [-0.1, -0.05) is 36.0 Å². The first-order valence-corrected chi connectivity index (χ1v) is 6.55. The van der Waals surface area contributed by atoms with Crippen LogP contribution in [0.15, 0.2) is 53.4 Å². The lowest BCUT2D eigenvalue weighted by Crippen LogP contribution is -2.14. The number of rotatable bonds is 4. The fraction of sp³-hybridized carbons (Fsp3) is 0.0714. The third-order valence-electron chi connectivity index (χ3n) is 2.47. The molecule has 2 nitrogen and oxygen atoms in total. The lowest BCUT2D eigenvalue weighted by molar-refractivity contribution is 0.102. The first kappa shape index (κ1) is 14.5. The third-order valence-corrected chi connectivity index (χ3v) is 3.26. The van der Waals surface area contributed by atoms with Crippen molar-refractivity contribution in [2.45, 2.75) is 10.7 Å². The van der Waals surface area contributed by atoms with Gasteiger partial charge in [-0.3, -0.25) is 4.79 Å². The first-order chi connectivity index (χ1) is 9.58. The van der Waals surface area contributed by atoms with Crippen molar-refractivity contribution in [1.82, 2.24) is 0 Å². The van der Waals surface area contributed by atoms with E-state index in [0.29, 0.717) is 0 Å². The van der Waals surface area contributed by atoms with Crippen molar-refractivity contribution < 1.29 is 18.0 Å². The summed E-state index contributed by atoms with van der Waals surface area (Å²) in [5, 5.41) is 2.37. The number of carbonyl (C=O) groups excluding carboxylic acids is 1. The zero-order valence-corrected chi connectivity index (χ0v) is 11.0. The van der Waals surface area contributed by atoms with E-state index in [0.717, 1.165) is 0 Å². The van der Waals surface area contributed by atoms with Gasteiger partial charge >= 0.3 is 0 Å². The van der Waals surface area contributed by atoms with Gasteiger partial charge in [-0.15, -0.1) is 0 Å². The standard InChI is InChI=1S/C14H10F3NOS/c15-10-6-2-3-7-11(10)18-13(19)9-5-1-4-8-12(9)20-14(16)17/h1-8,14H,(H,18,19). The summed E-state index contributed by atoms with van der Waals surface area (Å²) in [6.45, 7) is 0. The Morgan fingerprint density at radius 2 is 1.70 bits per heavy atom. The fourth-order valence-corrected chi connectivity index (χ4v) is 2.24. The molecule has 0 fully saturated rings. The Bertz CT molecular complexity index is 619. The molecular weight excluding hydrogens is 287 g/mol. The molecule has 0 radical (unpaired) electrons. The summed E-state index contributed by atoms with van der Waals surface area (Å²) >= 11 is 0.280. The molecule has 0 atom stereocenters. The zero-order chi connectivity index (χ0) is 14.5. The number of nitrogens with one attached hydrogen (secondary N) is 1. The summed E-state index contributed by atoms with van der Waals surface area (Å²) in [4.78, 5) is 12.2. The van der Waals surface area contributed by atoms with Gasteiger partial charge in [0.2, 0.25) is 0 Å². The topological polar surface area (TPSA) is 29.1 Å². The van der Waals surface area contributed by atoms with Crippen LogP contribution < -0.4 is 5.32 Å². The molecule has 0 aliphatic rings. The Hall–Kier alpha value is -1.95. The van der Waals surface area contributed by atoms with E-state index in [1.54, 1.807) is 18.2 Å². The average Bonchev–Trinajstić information content (AvgIpc) is 2.41. The smallest absolute Gasteiger partial charge is 0.288 e. The molecule has 0 bridgehead atoms. The van der Waals surface area contributed by atoms with Crippen LogP contribution in [0.25, 0.3) is 0 Å². The van der Waals surface area contributed by atoms with Crippen molar-refractivity contribution in [3.05, 3.63) is 59.9 Å². The van der Waals surface area contributed by atoms with Crippen LogP contribution in [0.5, 0.6) is 0 Å². The zero-order valence-electron chi connectivity index (χ0n) is 10.1. The third kappa shape index (κ3) is 3.54. The Kier molecular flexibility index (Phi) is 4.68. The molecule has 0 heterocycles. The van der Waals surface area contributed by atoms with Crippen LogP contribution in [0.2, 0.25) is 0 Å². The van der Waals surface area contributed by atoms with E-state index in [9.17, 15) is 18.0 Å². The Balaban J connectivity index is 2.23. The van der Waals surface area contributed by atoms with Crippen LogP contribution in [-0.4, -0.2) is 11.7 Å². The van der Waals surface area contributed by atoms with E-state index in [-0.39, 0.29) is 27.9 Å². The minimum atomic E-state index is -2.63. The minimum absolute atomic E-state index is 0.00866. The molecule has 0 unspecified atom stereocenters. The molecule has 2 rings (SSSR count). The van der Waals surface area contributed by atoms with Gasteiger partial charge in [0.25, 0.3) is 11.7 Å². The van der Waals surface area contributed by atoms with Gasteiger partial charge in [0.05, 0.1) is 11.3 Å². The van der Waals surface area contributed by atoms with E-state index >= 15 is 0 Å². The predicted molar refractivity (Wildman–Crippen MR) is 72.7 cm³/mol. The quantitative estimate of drug-likeness (QED) is 0.848. The predicted octanol–water partition coefficient (Wildman–Crippen LogP) is 4.39. The molecule has 20 heavy (non-hydrogen) atoms. The molecule has 2 aromatic rings. The second kappa shape index (κ2) is 6.47. The molecular formula is C14H10F3NOS. The summed E-state index contributed by atoms with van der Waals surface area (Å²) in [5.41, 5.74) is 0.0930. The van der Waals surface area contributed by atoms with E-state index < -0.39 is 17.5 Å². The number of amides is 1. The molecule has 104 valence electrons. The summed E-state index contributed by atoms with van der Waals surface area (Å²) in [6, 6.07) is 11.6. The highest BCUT2D eigenvalue weighted by atomic mass is 32.2. The monoisotopic (exact) mass is 297 g/mol. The number of halogens is 3. The van der Waals surface area contributed by atoms with E-state index in [1.165, 1.54) is 30.3 Å². The van der Waals surface area contributed by atoms with Crippen molar-refractivity contribution in [2.24, 2.45) is 0 Å². The summed E-state index contributed by atoms with van der Waals surface area (Å²) in [5.74, 6) is -3.84. The van der Waals surface area contributed by atoms with Gasteiger partial charge < -0.3 is 5.32 Å².